The molecule has 8 heteroatoms. The highest BCUT2D eigenvalue weighted by Gasteiger charge is 2.11. The first-order valence-electron chi connectivity index (χ1n) is 10.3. The number of tetrazole rings is 1. The zero-order chi connectivity index (χ0) is 20.8. The van der Waals surface area contributed by atoms with Gasteiger partial charge in [0.2, 0.25) is 11.7 Å². The minimum Gasteiger partial charge on any atom is -0.350 e. The molecule has 1 saturated heterocycles. The summed E-state index contributed by atoms with van der Waals surface area (Å²) in [6, 6.07) is 15.6. The van der Waals surface area contributed by atoms with Crippen molar-refractivity contribution in [1.82, 2.24) is 30.4 Å². The van der Waals surface area contributed by atoms with Crippen molar-refractivity contribution in [3.05, 3.63) is 64.7 Å². The molecule has 2 aromatic carbocycles. The number of carbonyl (C=O) groups is 1. The molecule has 3 aromatic rings. The van der Waals surface area contributed by atoms with Gasteiger partial charge in [0.25, 0.3) is 0 Å². The van der Waals surface area contributed by atoms with Gasteiger partial charge in [-0.2, -0.15) is 4.80 Å². The van der Waals surface area contributed by atoms with Gasteiger partial charge in [0.1, 0.15) is 6.54 Å². The van der Waals surface area contributed by atoms with Gasteiger partial charge in [0, 0.05) is 23.7 Å². The van der Waals surface area contributed by atoms with Gasteiger partial charge in [-0.1, -0.05) is 42.3 Å². The van der Waals surface area contributed by atoms with Crippen LogP contribution in [0.1, 0.15) is 30.4 Å². The molecule has 0 unspecified atom stereocenters. The maximum absolute atomic E-state index is 12.2. The van der Waals surface area contributed by atoms with Crippen molar-refractivity contribution in [2.24, 2.45) is 0 Å². The zero-order valence-electron chi connectivity index (χ0n) is 16.8. The summed E-state index contributed by atoms with van der Waals surface area (Å²) in [7, 11) is 0. The summed E-state index contributed by atoms with van der Waals surface area (Å²) >= 11 is 5.89. The summed E-state index contributed by atoms with van der Waals surface area (Å²) in [5.41, 5.74) is 3.18. The van der Waals surface area contributed by atoms with Crippen molar-refractivity contribution in [3.8, 4) is 11.4 Å². The van der Waals surface area contributed by atoms with E-state index in [1.165, 1.54) is 42.7 Å². The minimum absolute atomic E-state index is 0.0215. The van der Waals surface area contributed by atoms with Gasteiger partial charge < -0.3 is 5.32 Å². The molecule has 0 radical (unpaired) electrons. The number of rotatable bonds is 7. The Hall–Kier alpha value is -2.77. The van der Waals surface area contributed by atoms with Gasteiger partial charge in [-0.25, -0.2) is 0 Å². The molecular formula is C22H25ClN6O. The largest absolute Gasteiger partial charge is 0.350 e. The molecule has 1 aromatic heterocycles. The molecule has 1 fully saturated rings. The number of nitrogens with zero attached hydrogens (tertiary/aromatic N) is 5. The molecule has 1 aliphatic rings. The summed E-state index contributed by atoms with van der Waals surface area (Å²) in [6.45, 7) is 3.87. The van der Waals surface area contributed by atoms with Crippen LogP contribution in [0.2, 0.25) is 5.02 Å². The van der Waals surface area contributed by atoms with Crippen LogP contribution in [-0.2, 0) is 24.4 Å². The Morgan fingerprint density at radius 3 is 2.40 bits per heavy atom. The highest BCUT2D eigenvalue weighted by Crippen LogP contribution is 2.17. The number of piperidine rings is 1. The van der Waals surface area contributed by atoms with Crippen LogP contribution >= 0.6 is 11.6 Å². The smallest absolute Gasteiger partial charge is 0.243 e. The number of halogens is 1. The van der Waals surface area contributed by atoms with Crippen LogP contribution in [0.4, 0.5) is 0 Å². The average Bonchev–Trinajstić information content (AvgIpc) is 3.23. The number of hydrogen-bond donors (Lipinski definition) is 1. The maximum Gasteiger partial charge on any atom is 0.243 e. The van der Waals surface area contributed by atoms with Crippen molar-refractivity contribution in [2.45, 2.75) is 38.9 Å². The number of amides is 1. The van der Waals surface area contributed by atoms with Crippen LogP contribution in [0.5, 0.6) is 0 Å². The Kier molecular flexibility index (Phi) is 6.71. The monoisotopic (exact) mass is 424 g/mol. The van der Waals surface area contributed by atoms with Crippen LogP contribution in [-0.4, -0.2) is 44.1 Å². The molecule has 156 valence electrons. The molecule has 7 nitrogen and oxygen atoms in total. The van der Waals surface area contributed by atoms with E-state index in [0.717, 1.165) is 17.7 Å². The van der Waals surface area contributed by atoms with Crippen molar-refractivity contribution < 1.29 is 4.79 Å². The molecule has 0 atom stereocenters. The lowest BCUT2D eigenvalue weighted by atomic mass is 10.1. The van der Waals surface area contributed by atoms with Gasteiger partial charge in [-0.15, -0.1) is 10.2 Å². The third-order valence-corrected chi connectivity index (χ3v) is 5.46. The summed E-state index contributed by atoms with van der Waals surface area (Å²) in [5.74, 6) is 0.302. The fourth-order valence-electron chi connectivity index (χ4n) is 3.55. The van der Waals surface area contributed by atoms with E-state index < -0.39 is 0 Å². The highest BCUT2D eigenvalue weighted by molar-refractivity contribution is 6.30. The van der Waals surface area contributed by atoms with E-state index in [1.807, 2.05) is 12.1 Å². The maximum atomic E-state index is 12.2. The topological polar surface area (TPSA) is 75.9 Å². The second-order valence-corrected chi connectivity index (χ2v) is 8.02. The molecule has 0 bridgehead atoms. The molecule has 1 aliphatic heterocycles. The SMILES string of the molecule is O=C(Cn1nnc(-c2ccc(Cl)cc2)n1)NCc1ccc(CN2CCCCC2)cc1. The molecule has 30 heavy (non-hydrogen) atoms. The second-order valence-electron chi connectivity index (χ2n) is 7.58. The van der Waals surface area contributed by atoms with E-state index in [2.05, 4.69) is 49.9 Å². The lowest BCUT2D eigenvalue weighted by Gasteiger charge is -2.26. The zero-order valence-corrected chi connectivity index (χ0v) is 17.6. The Bertz CT molecular complexity index is 964. The minimum atomic E-state index is -0.160. The van der Waals surface area contributed by atoms with Crippen molar-refractivity contribution in [2.75, 3.05) is 13.1 Å². The summed E-state index contributed by atoms with van der Waals surface area (Å²) in [4.78, 5) is 16.0. The van der Waals surface area contributed by atoms with Gasteiger partial charge in [0.15, 0.2) is 0 Å². The summed E-state index contributed by atoms with van der Waals surface area (Å²) < 4.78 is 0. The van der Waals surface area contributed by atoms with Gasteiger partial charge in [-0.05, 0) is 66.5 Å². The molecular weight excluding hydrogens is 400 g/mol. The predicted octanol–water partition coefficient (Wildman–Crippen LogP) is 3.30. The van der Waals surface area contributed by atoms with E-state index in [-0.39, 0.29) is 12.5 Å². The number of aromatic nitrogens is 4. The lowest BCUT2D eigenvalue weighted by molar-refractivity contribution is -0.122. The first kappa shape index (κ1) is 20.5. The van der Waals surface area contributed by atoms with Crippen LogP contribution in [0.25, 0.3) is 11.4 Å². The quantitative estimate of drug-likeness (QED) is 0.629. The number of hydrogen-bond acceptors (Lipinski definition) is 5. The van der Waals surface area contributed by atoms with Crippen LogP contribution < -0.4 is 5.32 Å². The van der Waals surface area contributed by atoms with Gasteiger partial charge in [0.05, 0.1) is 0 Å². The first-order chi connectivity index (χ1) is 14.7. The Labute approximate surface area is 181 Å². The molecule has 0 spiro atoms. The van der Waals surface area contributed by atoms with Crippen molar-refractivity contribution >= 4 is 17.5 Å². The average molecular weight is 425 g/mol. The normalized spacial score (nSPS) is 14.6. The van der Waals surface area contributed by atoms with E-state index in [4.69, 9.17) is 11.6 Å². The molecule has 1 N–H and O–H groups in total. The third-order valence-electron chi connectivity index (χ3n) is 5.21. The summed E-state index contributed by atoms with van der Waals surface area (Å²) in [6.07, 6.45) is 3.94. The summed E-state index contributed by atoms with van der Waals surface area (Å²) in [5, 5.41) is 15.8. The van der Waals surface area contributed by atoms with E-state index in [1.54, 1.807) is 12.1 Å². The van der Waals surface area contributed by atoms with Gasteiger partial charge in [-0.3, -0.25) is 9.69 Å². The second kappa shape index (κ2) is 9.82. The standard InChI is InChI=1S/C22H25ClN6O/c23-20-10-8-19(9-11-20)22-25-27-29(26-22)16-21(30)24-14-17-4-6-18(7-5-17)15-28-12-2-1-3-13-28/h4-11H,1-3,12-16H2,(H,24,30). The number of likely N-dealkylation sites (tertiary alicyclic amines) is 1. The Morgan fingerprint density at radius 1 is 0.967 bits per heavy atom. The fourth-order valence-corrected chi connectivity index (χ4v) is 3.67. The molecule has 4 rings (SSSR count). The predicted molar refractivity (Wildman–Crippen MR) is 116 cm³/mol. The number of nitrogens with one attached hydrogen (secondary N) is 1. The highest BCUT2D eigenvalue weighted by atomic mass is 35.5. The van der Waals surface area contributed by atoms with Crippen molar-refractivity contribution in [3.63, 3.8) is 0 Å². The molecule has 0 aliphatic carbocycles. The van der Waals surface area contributed by atoms with Crippen LogP contribution in [0, 0.1) is 0 Å². The van der Waals surface area contributed by atoms with E-state index in [9.17, 15) is 4.79 Å². The number of benzene rings is 2. The van der Waals surface area contributed by atoms with Crippen LogP contribution in [0.3, 0.4) is 0 Å². The van der Waals surface area contributed by atoms with Gasteiger partial charge >= 0.3 is 0 Å². The van der Waals surface area contributed by atoms with E-state index in [0.29, 0.717) is 17.4 Å². The van der Waals surface area contributed by atoms with Crippen LogP contribution in [0.15, 0.2) is 48.5 Å². The number of carbonyl (C=O) groups excluding carboxylic acids is 1. The van der Waals surface area contributed by atoms with E-state index >= 15 is 0 Å². The molecule has 1 amide bonds. The Balaban J connectivity index is 1.25. The third kappa shape index (κ3) is 5.64. The molecule has 0 saturated carbocycles. The fraction of sp³-hybridized carbons (Fsp3) is 0.364. The Morgan fingerprint density at radius 2 is 1.67 bits per heavy atom. The molecule has 2 heterocycles. The first-order valence-corrected chi connectivity index (χ1v) is 10.6. The lowest BCUT2D eigenvalue weighted by Crippen LogP contribution is -2.29. The van der Waals surface area contributed by atoms with Crippen molar-refractivity contribution in [1.29, 1.82) is 0 Å².